The second-order valence-electron chi connectivity index (χ2n) is 4.97. The number of thiol groups is 1. The summed E-state index contributed by atoms with van der Waals surface area (Å²) in [6.45, 7) is 1.97. The first kappa shape index (κ1) is 16.9. The highest BCUT2D eigenvalue weighted by molar-refractivity contribution is 9.10. The summed E-state index contributed by atoms with van der Waals surface area (Å²) >= 11 is 7.46. The largest absolute Gasteiger partial charge is 0.462 e. The van der Waals surface area contributed by atoms with Gasteiger partial charge in [0.15, 0.2) is 0 Å². The van der Waals surface area contributed by atoms with Crippen molar-refractivity contribution in [2.24, 2.45) is 0 Å². The molecule has 0 fully saturated rings. The first-order valence-electron chi connectivity index (χ1n) is 7.14. The van der Waals surface area contributed by atoms with E-state index < -0.39 is 5.97 Å². The van der Waals surface area contributed by atoms with Crippen LogP contribution < -0.4 is 4.72 Å². The predicted octanol–water partition coefficient (Wildman–Crippen LogP) is 5.43. The van der Waals surface area contributed by atoms with Gasteiger partial charge in [-0.05, 0) is 53.2 Å². The molecule has 4 nitrogen and oxygen atoms in total. The van der Waals surface area contributed by atoms with Gasteiger partial charge in [-0.15, -0.1) is 0 Å². The molecule has 0 spiro atoms. The fraction of sp³-hybridized carbons (Fsp3) is 0.118. The van der Waals surface area contributed by atoms with Crippen molar-refractivity contribution in [1.82, 2.24) is 0 Å². The summed E-state index contributed by atoms with van der Waals surface area (Å²) in [7, 11) is 0. The van der Waals surface area contributed by atoms with Crippen LogP contribution in [0.25, 0.3) is 22.3 Å². The van der Waals surface area contributed by atoms with Gasteiger partial charge in [-0.2, -0.15) is 0 Å². The lowest BCUT2D eigenvalue weighted by atomic mass is 10.1. The van der Waals surface area contributed by atoms with E-state index in [1.807, 2.05) is 0 Å². The normalized spacial score (nSPS) is 10.8. The van der Waals surface area contributed by atoms with E-state index >= 15 is 0 Å². The van der Waals surface area contributed by atoms with Crippen molar-refractivity contribution in [3.63, 3.8) is 0 Å². The second-order valence-corrected chi connectivity index (χ2v) is 6.05. The molecule has 0 aliphatic heterocycles. The lowest BCUT2D eigenvalue weighted by molar-refractivity contribution is 0.0529. The average Bonchev–Trinajstić information content (AvgIpc) is 2.93. The first-order chi connectivity index (χ1) is 11.5. The van der Waals surface area contributed by atoms with Gasteiger partial charge in [-0.3, -0.25) is 0 Å². The molecule has 124 valence electrons. The van der Waals surface area contributed by atoms with Crippen molar-refractivity contribution in [2.45, 2.75) is 6.92 Å². The number of nitrogens with one attached hydrogen (secondary N) is 1. The topological polar surface area (TPSA) is 51.5 Å². The van der Waals surface area contributed by atoms with Gasteiger partial charge in [0.05, 0.1) is 12.3 Å². The van der Waals surface area contributed by atoms with Gasteiger partial charge in [0.25, 0.3) is 0 Å². The Bertz CT molecular complexity index is 908. The number of rotatable bonds is 4. The van der Waals surface area contributed by atoms with E-state index in [4.69, 9.17) is 9.15 Å². The minimum atomic E-state index is -0.492. The fourth-order valence-electron chi connectivity index (χ4n) is 2.41. The molecule has 0 amide bonds. The Hall–Kier alpha value is -1.99. The van der Waals surface area contributed by atoms with Crippen LogP contribution in [-0.2, 0) is 4.74 Å². The third-order valence-corrected chi connectivity index (χ3v) is 4.38. The van der Waals surface area contributed by atoms with E-state index in [0.29, 0.717) is 33.5 Å². The molecule has 3 rings (SSSR count). The summed E-state index contributed by atoms with van der Waals surface area (Å²) in [6, 6.07) is 9.23. The molecular formula is C17H13BrFNO3S. The standard InChI is InChI=1S/C17H13BrFNO3S/c1-2-22-17(21)15-11-7-12(18)13(20-24)8-14(11)23-16(15)9-3-5-10(19)6-4-9/h3-8,20,24H,2H2,1H3. The third-order valence-electron chi connectivity index (χ3n) is 3.48. The summed E-state index contributed by atoms with van der Waals surface area (Å²) in [6.07, 6.45) is 0. The van der Waals surface area contributed by atoms with Gasteiger partial charge in [0.1, 0.15) is 22.7 Å². The number of fused-ring (bicyclic) bond motifs is 1. The van der Waals surface area contributed by atoms with E-state index in [1.165, 1.54) is 12.1 Å². The van der Waals surface area contributed by atoms with Gasteiger partial charge >= 0.3 is 5.97 Å². The molecule has 7 heteroatoms. The van der Waals surface area contributed by atoms with Crippen molar-refractivity contribution in [3.8, 4) is 11.3 Å². The molecule has 3 aromatic rings. The summed E-state index contributed by atoms with van der Waals surface area (Å²) in [5.41, 5.74) is 2.09. The van der Waals surface area contributed by atoms with E-state index in [0.717, 1.165) is 4.47 Å². The molecular weight excluding hydrogens is 397 g/mol. The number of esters is 1. The van der Waals surface area contributed by atoms with Gasteiger partial charge in [0.2, 0.25) is 0 Å². The number of ether oxygens (including phenoxy) is 1. The Labute approximate surface area is 151 Å². The van der Waals surface area contributed by atoms with Crippen LogP contribution in [-0.4, -0.2) is 12.6 Å². The highest BCUT2D eigenvalue weighted by atomic mass is 79.9. The molecule has 0 saturated heterocycles. The van der Waals surface area contributed by atoms with Crippen molar-refractivity contribution < 1.29 is 18.3 Å². The zero-order valence-electron chi connectivity index (χ0n) is 12.6. The zero-order valence-corrected chi connectivity index (χ0v) is 15.1. The minimum Gasteiger partial charge on any atom is -0.462 e. The van der Waals surface area contributed by atoms with Crippen molar-refractivity contribution in [1.29, 1.82) is 0 Å². The third kappa shape index (κ3) is 3.01. The number of carbonyl (C=O) groups excluding carboxylic acids is 1. The highest BCUT2D eigenvalue weighted by Crippen LogP contribution is 2.38. The minimum absolute atomic E-state index is 0.242. The molecule has 0 unspecified atom stereocenters. The summed E-state index contributed by atoms with van der Waals surface area (Å²) in [5.74, 6) is -0.516. The maximum absolute atomic E-state index is 13.2. The highest BCUT2D eigenvalue weighted by Gasteiger charge is 2.24. The molecule has 24 heavy (non-hydrogen) atoms. The van der Waals surface area contributed by atoms with Gasteiger partial charge < -0.3 is 13.9 Å². The molecule has 0 saturated carbocycles. The zero-order chi connectivity index (χ0) is 17.3. The molecule has 2 aromatic carbocycles. The summed E-state index contributed by atoms with van der Waals surface area (Å²) < 4.78 is 27.7. The van der Waals surface area contributed by atoms with Crippen molar-refractivity contribution >= 4 is 51.4 Å². The van der Waals surface area contributed by atoms with Crippen LogP contribution in [0.2, 0.25) is 0 Å². The number of carbonyl (C=O) groups is 1. The molecule has 1 N–H and O–H groups in total. The lowest BCUT2D eigenvalue weighted by Crippen LogP contribution is -2.05. The number of halogens is 2. The number of hydrogen-bond donors (Lipinski definition) is 2. The van der Waals surface area contributed by atoms with Crippen molar-refractivity contribution in [2.75, 3.05) is 11.3 Å². The summed E-state index contributed by atoms with van der Waals surface area (Å²) in [5, 5.41) is 0.604. The van der Waals surface area contributed by atoms with Crippen LogP contribution in [0.4, 0.5) is 10.1 Å². The maximum Gasteiger partial charge on any atom is 0.342 e. The number of benzene rings is 2. The smallest absolute Gasteiger partial charge is 0.342 e. The van der Waals surface area contributed by atoms with Gasteiger partial charge in [0, 0.05) is 21.5 Å². The molecule has 1 heterocycles. The predicted molar refractivity (Wildman–Crippen MR) is 97.9 cm³/mol. The summed E-state index contributed by atoms with van der Waals surface area (Å²) in [4.78, 5) is 12.4. The van der Waals surface area contributed by atoms with Crippen LogP contribution in [0.3, 0.4) is 0 Å². The van der Waals surface area contributed by atoms with Crippen LogP contribution in [0.15, 0.2) is 45.3 Å². The monoisotopic (exact) mass is 409 g/mol. The van der Waals surface area contributed by atoms with Crippen LogP contribution in [0.1, 0.15) is 17.3 Å². The number of furan rings is 1. The Kier molecular flexibility index (Phi) is 4.82. The van der Waals surface area contributed by atoms with E-state index in [9.17, 15) is 9.18 Å². The quantitative estimate of drug-likeness (QED) is 0.445. The molecule has 0 atom stereocenters. The van der Waals surface area contributed by atoms with Crippen LogP contribution in [0, 0.1) is 5.82 Å². The van der Waals surface area contributed by atoms with E-state index in [1.54, 1.807) is 31.2 Å². The molecule has 0 radical (unpaired) electrons. The Morgan fingerprint density at radius 1 is 1.33 bits per heavy atom. The molecule has 1 aromatic heterocycles. The Balaban J connectivity index is 2.28. The van der Waals surface area contributed by atoms with Crippen LogP contribution in [0.5, 0.6) is 0 Å². The molecule has 0 aliphatic rings. The molecule has 0 aliphatic carbocycles. The first-order valence-corrected chi connectivity index (χ1v) is 8.38. The fourth-order valence-corrected chi connectivity index (χ4v) is 3.19. The van der Waals surface area contributed by atoms with E-state index in [2.05, 4.69) is 33.5 Å². The molecule has 0 bridgehead atoms. The Morgan fingerprint density at radius 2 is 2.04 bits per heavy atom. The van der Waals surface area contributed by atoms with Crippen LogP contribution >= 0.6 is 28.7 Å². The maximum atomic E-state index is 13.2. The van der Waals surface area contributed by atoms with Gasteiger partial charge in [-0.1, -0.05) is 12.8 Å². The Morgan fingerprint density at radius 3 is 2.67 bits per heavy atom. The van der Waals surface area contributed by atoms with Crippen molar-refractivity contribution in [3.05, 3.63) is 52.3 Å². The number of hydrogen-bond acceptors (Lipinski definition) is 5. The van der Waals surface area contributed by atoms with Gasteiger partial charge in [-0.25, -0.2) is 9.18 Å². The SMILES string of the molecule is CCOC(=O)c1c(-c2ccc(F)cc2)oc2cc(NS)c(Br)cc12. The van der Waals surface area contributed by atoms with E-state index in [-0.39, 0.29) is 12.4 Å². The average molecular weight is 410 g/mol. The number of anilines is 1. The lowest BCUT2D eigenvalue weighted by Gasteiger charge is -2.04. The second kappa shape index (κ2) is 6.86.